The summed E-state index contributed by atoms with van der Waals surface area (Å²) in [5, 5.41) is 0. The first-order chi connectivity index (χ1) is 15.7. The lowest BCUT2D eigenvalue weighted by atomic mass is 9.78. The Hall–Kier alpha value is -2.13. The Labute approximate surface area is 209 Å². The van der Waals surface area contributed by atoms with Gasteiger partial charge in [-0.3, -0.25) is 9.69 Å². The zero-order valence-corrected chi connectivity index (χ0v) is 23.0. The molecule has 7 nitrogen and oxygen atoms in total. The van der Waals surface area contributed by atoms with Crippen molar-refractivity contribution in [1.82, 2.24) is 9.80 Å². The lowest BCUT2D eigenvalue weighted by molar-refractivity contribution is -0.129. The molecular formula is C26H40BFN2O5. The first kappa shape index (κ1) is 27.5. The van der Waals surface area contributed by atoms with Crippen molar-refractivity contribution in [3.05, 3.63) is 29.6 Å². The minimum Gasteiger partial charge on any atom is -0.444 e. The van der Waals surface area contributed by atoms with Crippen LogP contribution in [0.5, 0.6) is 0 Å². The number of carbonyl (C=O) groups excluding carboxylic acids is 2. The fraction of sp³-hybridized carbons (Fsp3) is 0.692. The number of ether oxygens (including phenoxy) is 1. The van der Waals surface area contributed by atoms with Gasteiger partial charge in [-0.25, -0.2) is 9.18 Å². The molecule has 0 bridgehead atoms. The summed E-state index contributed by atoms with van der Waals surface area (Å²) in [4.78, 5) is 29.6. The van der Waals surface area contributed by atoms with Crippen LogP contribution in [0, 0.1) is 11.2 Å². The molecule has 35 heavy (non-hydrogen) atoms. The molecule has 2 aliphatic rings. The Morgan fingerprint density at radius 2 is 1.63 bits per heavy atom. The zero-order chi connectivity index (χ0) is 26.7. The number of halogens is 1. The topological polar surface area (TPSA) is 68.3 Å². The van der Waals surface area contributed by atoms with E-state index in [1.54, 1.807) is 44.9 Å². The average Bonchev–Trinajstić information content (AvgIpc) is 3.04. The number of benzene rings is 1. The van der Waals surface area contributed by atoms with Gasteiger partial charge in [0.2, 0.25) is 5.91 Å². The number of carbonyl (C=O) groups is 2. The Morgan fingerprint density at radius 1 is 1.09 bits per heavy atom. The molecule has 2 atom stereocenters. The minimum absolute atomic E-state index is 0.0322. The van der Waals surface area contributed by atoms with Gasteiger partial charge < -0.3 is 18.9 Å². The van der Waals surface area contributed by atoms with Crippen molar-refractivity contribution in [2.24, 2.45) is 5.41 Å². The summed E-state index contributed by atoms with van der Waals surface area (Å²) >= 11 is 0. The van der Waals surface area contributed by atoms with E-state index in [1.807, 2.05) is 48.5 Å². The molecule has 1 aromatic carbocycles. The standard InChI is InChI=1S/C26H40BFN2O5/c1-23(2,3)21-29(11)20(31)19(30(21)22(32)33-24(4,5)6)14-16-12-13-17(15-18(16)28)27-34-25(7,8)26(9,10)35-27/h12-13,15,19,21H,14H2,1-11H3/t19-,21-/m0/s1/i28-1. The number of hydrogen-bond acceptors (Lipinski definition) is 5. The Kier molecular flexibility index (Phi) is 6.88. The van der Waals surface area contributed by atoms with E-state index in [0.717, 1.165) is 0 Å². The van der Waals surface area contributed by atoms with Crippen molar-refractivity contribution in [3.63, 3.8) is 0 Å². The highest BCUT2D eigenvalue weighted by molar-refractivity contribution is 6.62. The first-order valence-electron chi connectivity index (χ1n) is 12.2. The van der Waals surface area contributed by atoms with Crippen LogP contribution in [-0.2, 0) is 25.3 Å². The van der Waals surface area contributed by atoms with E-state index in [-0.39, 0.29) is 12.3 Å². The van der Waals surface area contributed by atoms with Gasteiger partial charge >= 0.3 is 13.2 Å². The summed E-state index contributed by atoms with van der Waals surface area (Å²) in [6, 6.07) is 3.90. The van der Waals surface area contributed by atoms with E-state index in [1.165, 1.54) is 11.0 Å². The number of nitrogens with zero attached hydrogens (tertiary/aromatic N) is 2. The van der Waals surface area contributed by atoms with Crippen LogP contribution in [0.2, 0.25) is 0 Å². The van der Waals surface area contributed by atoms with Crippen LogP contribution in [-0.4, -0.2) is 65.0 Å². The molecule has 194 valence electrons. The largest absolute Gasteiger partial charge is 0.494 e. The van der Waals surface area contributed by atoms with Crippen LogP contribution < -0.4 is 5.46 Å². The molecule has 2 aliphatic heterocycles. The molecule has 0 N–H and O–H groups in total. The number of amides is 2. The van der Waals surface area contributed by atoms with Crippen LogP contribution >= 0.6 is 0 Å². The van der Waals surface area contributed by atoms with Gasteiger partial charge in [0.05, 0.1) is 11.2 Å². The molecule has 2 amide bonds. The highest BCUT2D eigenvalue weighted by Gasteiger charge is 2.53. The lowest BCUT2D eigenvalue weighted by Crippen LogP contribution is -2.52. The van der Waals surface area contributed by atoms with Crippen molar-refractivity contribution in [2.75, 3.05) is 7.05 Å². The fourth-order valence-electron chi connectivity index (χ4n) is 4.62. The summed E-state index contributed by atoms with van der Waals surface area (Å²) in [7, 11) is 0.985. The third-order valence-electron chi connectivity index (χ3n) is 6.99. The summed E-state index contributed by atoms with van der Waals surface area (Å²) in [5.74, 6) is -0.721. The van der Waals surface area contributed by atoms with Gasteiger partial charge in [-0.05, 0) is 65.6 Å². The number of rotatable bonds is 3. The lowest BCUT2D eigenvalue weighted by Gasteiger charge is -2.39. The predicted molar refractivity (Wildman–Crippen MR) is 134 cm³/mol. The van der Waals surface area contributed by atoms with Crippen LogP contribution in [0.1, 0.15) is 74.8 Å². The monoisotopic (exact) mass is 489 g/mol. The predicted octanol–water partition coefficient (Wildman–Crippen LogP) is 4.12. The molecule has 0 aliphatic carbocycles. The number of likely N-dealkylation sites (N-methyl/N-ethyl adjacent to an activating group) is 1. The van der Waals surface area contributed by atoms with Gasteiger partial charge in [0.15, 0.2) is 0 Å². The van der Waals surface area contributed by atoms with Crippen molar-refractivity contribution >= 4 is 24.6 Å². The third kappa shape index (κ3) is 5.36. The summed E-state index contributed by atoms with van der Waals surface area (Å²) in [6.07, 6.45) is -1.08. The highest BCUT2D eigenvalue weighted by atomic mass is 18.2. The smallest absolute Gasteiger partial charge is 0.444 e. The van der Waals surface area contributed by atoms with Gasteiger partial charge in [-0.2, -0.15) is 0 Å². The normalized spacial score (nSPS) is 24.3. The third-order valence-corrected chi connectivity index (χ3v) is 6.99. The molecule has 2 heterocycles. The van der Waals surface area contributed by atoms with E-state index in [4.69, 9.17) is 14.0 Å². The molecule has 0 saturated carbocycles. The van der Waals surface area contributed by atoms with E-state index >= 15 is 4.39 Å². The van der Waals surface area contributed by atoms with Crippen LogP contribution in [0.15, 0.2) is 18.2 Å². The van der Waals surface area contributed by atoms with Gasteiger partial charge in [0.25, 0.3) is 0 Å². The Morgan fingerprint density at radius 3 is 2.09 bits per heavy atom. The summed E-state index contributed by atoms with van der Waals surface area (Å²) in [5.41, 5.74) is -1.34. The van der Waals surface area contributed by atoms with Crippen molar-refractivity contribution in [2.45, 2.75) is 105 Å². The van der Waals surface area contributed by atoms with E-state index in [9.17, 15) is 9.59 Å². The Balaban J connectivity index is 1.91. The van der Waals surface area contributed by atoms with Gasteiger partial charge in [-0.1, -0.05) is 32.9 Å². The summed E-state index contributed by atoms with van der Waals surface area (Å²) < 4.78 is 33.0. The number of hydrogen-bond donors (Lipinski definition) is 0. The van der Waals surface area contributed by atoms with Crippen LogP contribution in [0.4, 0.5) is 9.18 Å². The second-order valence-corrected chi connectivity index (χ2v) is 12.7. The van der Waals surface area contributed by atoms with Crippen molar-refractivity contribution in [3.8, 4) is 0 Å². The van der Waals surface area contributed by atoms with Crippen molar-refractivity contribution in [1.29, 1.82) is 0 Å². The average molecular weight is 489 g/mol. The molecule has 1 aromatic rings. The van der Waals surface area contributed by atoms with Gasteiger partial charge in [0.1, 0.15) is 23.6 Å². The molecule has 9 heteroatoms. The quantitative estimate of drug-likeness (QED) is 0.598. The molecule has 0 radical (unpaired) electrons. The van der Waals surface area contributed by atoms with E-state index < -0.39 is 53.5 Å². The Bertz CT molecular complexity index is 982. The van der Waals surface area contributed by atoms with Crippen LogP contribution in [0.25, 0.3) is 0 Å². The van der Waals surface area contributed by atoms with Crippen molar-refractivity contribution < 1.29 is 28.0 Å². The fourth-order valence-corrected chi connectivity index (χ4v) is 4.62. The maximum atomic E-state index is 15.3. The molecule has 3 rings (SSSR count). The van der Waals surface area contributed by atoms with Gasteiger partial charge in [-0.15, -0.1) is 0 Å². The zero-order valence-electron chi connectivity index (χ0n) is 23.0. The molecular weight excluding hydrogens is 449 g/mol. The molecule has 2 saturated heterocycles. The molecule has 0 unspecified atom stereocenters. The molecule has 2 fully saturated rings. The molecule has 0 spiro atoms. The van der Waals surface area contributed by atoms with Crippen LogP contribution in [0.3, 0.4) is 0 Å². The van der Waals surface area contributed by atoms with E-state index in [0.29, 0.717) is 11.0 Å². The SMILES string of the molecule is CN1C(=O)[C@H](Cc2ccc(B3OC(C)(C)C(C)(C)O3)cc2[18F])N(C(=O)OC(C)(C)C)[C@H]1C(C)(C)C. The first-order valence-corrected chi connectivity index (χ1v) is 12.2. The maximum Gasteiger partial charge on any atom is 0.494 e. The minimum atomic E-state index is -0.878. The molecule has 0 aromatic heterocycles. The second kappa shape index (κ2) is 8.77. The highest BCUT2D eigenvalue weighted by Crippen LogP contribution is 2.38. The second-order valence-electron chi connectivity index (χ2n) is 12.7. The summed E-state index contributed by atoms with van der Waals surface area (Å²) in [6.45, 7) is 19.0. The van der Waals surface area contributed by atoms with Gasteiger partial charge in [0, 0.05) is 18.9 Å². The maximum absolute atomic E-state index is 15.3. The van der Waals surface area contributed by atoms with E-state index in [2.05, 4.69) is 0 Å².